The van der Waals surface area contributed by atoms with Gasteiger partial charge in [0.25, 0.3) is 5.95 Å². The Morgan fingerprint density at radius 1 is 1.29 bits per heavy atom. The molecule has 2 aromatic rings. The molecule has 2 atom stereocenters. The van der Waals surface area contributed by atoms with Gasteiger partial charge in [0.1, 0.15) is 12.7 Å². The fourth-order valence-electron chi connectivity index (χ4n) is 2.44. The zero-order valence-corrected chi connectivity index (χ0v) is 11.8. The van der Waals surface area contributed by atoms with Gasteiger partial charge in [0.05, 0.1) is 6.10 Å². The first-order chi connectivity index (χ1) is 10.2. The van der Waals surface area contributed by atoms with Gasteiger partial charge in [-0.2, -0.15) is 24.7 Å². The van der Waals surface area contributed by atoms with Crippen LogP contribution in [0.25, 0.3) is 5.95 Å². The number of hydrogen-bond donors (Lipinski definition) is 3. The van der Waals surface area contributed by atoms with Crippen LogP contribution < -0.4 is 10.6 Å². The van der Waals surface area contributed by atoms with Crippen molar-refractivity contribution < 1.29 is 5.11 Å². The van der Waals surface area contributed by atoms with Crippen LogP contribution in [0.5, 0.6) is 0 Å². The standard InChI is InChI=1S/C12H18N8O/c1-13-10-17-11(15-5-8-2-3-9(21)4-8)19-12(18-10)20-7-14-6-16-20/h6-9,21H,2-5H2,1H3,(H2,13,15,17,18,19). The quantitative estimate of drug-likeness (QED) is 0.708. The van der Waals surface area contributed by atoms with Gasteiger partial charge < -0.3 is 15.7 Å². The molecule has 9 heteroatoms. The van der Waals surface area contributed by atoms with Gasteiger partial charge in [-0.3, -0.25) is 0 Å². The molecule has 2 aromatic heterocycles. The maximum atomic E-state index is 9.55. The topological polar surface area (TPSA) is 114 Å². The van der Waals surface area contributed by atoms with Crippen LogP contribution in [0.3, 0.4) is 0 Å². The fourth-order valence-corrected chi connectivity index (χ4v) is 2.44. The average molecular weight is 290 g/mol. The van der Waals surface area contributed by atoms with Crippen LogP contribution in [0.4, 0.5) is 11.9 Å². The summed E-state index contributed by atoms with van der Waals surface area (Å²) in [5, 5.41) is 19.7. The van der Waals surface area contributed by atoms with E-state index in [0.717, 1.165) is 25.8 Å². The summed E-state index contributed by atoms with van der Waals surface area (Å²) in [5.74, 6) is 1.80. The van der Waals surface area contributed by atoms with E-state index in [0.29, 0.717) is 23.8 Å². The van der Waals surface area contributed by atoms with E-state index in [1.165, 1.54) is 17.3 Å². The fraction of sp³-hybridized carbons (Fsp3) is 0.583. The lowest BCUT2D eigenvalue weighted by Crippen LogP contribution is -2.16. The maximum Gasteiger partial charge on any atom is 0.258 e. The molecule has 0 spiro atoms. The third-order valence-corrected chi connectivity index (χ3v) is 3.53. The van der Waals surface area contributed by atoms with E-state index in [9.17, 15) is 5.11 Å². The summed E-state index contributed by atoms with van der Waals surface area (Å²) in [7, 11) is 1.75. The molecule has 3 rings (SSSR count). The second-order valence-electron chi connectivity index (χ2n) is 5.09. The Balaban J connectivity index is 1.73. The minimum absolute atomic E-state index is 0.172. The molecule has 0 saturated heterocycles. The first kappa shape index (κ1) is 13.7. The molecule has 0 amide bonds. The average Bonchev–Trinajstić information content (AvgIpc) is 3.16. The van der Waals surface area contributed by atoms with Gasteiger partial charge in [0.2, 0.25) is 11.9 Å². The van der Waals surface area contributed by atoms with E-state index >= 15 is 0 Å². The highest BCUT2D eigenvalue weighted by Gasteiger charge is 2.22. The van der Waals surface area contributed by atoms with Gasteiger partial charge >= 0.3 is 0 Å². The molecule has 2 unspecified atom stereocenters. The molecule has 0 radical (unpaired) electrons. The highest BCUT2D eigenvalue weighted by Crippen LogP contribution is 2.25. The molecule has 1 aliphatic rings. The minimum atomic E-state index is -0.172. The molecule has 112 valence electrons. The molecule has 9 nitrogen and oxygen atoms in total. The van der Waals surface area contributed by atoms with Crippen molar-refractivity contribution in [3.05, 3.63) is 12.7 Å². The largest absolute Gasteiger partial charge is 0.393 e. The van der Waals surface area contributed by atoms with Crippen molar-refractivity contribution in [1.29, 1.82) is 0 Å². The van der Waals surface area contributed by atoms with Gasteiger partial charge in [-0.1, -0.05) is 0 Å². The second-order valence-corrected chi connectivity index (χ2v) is 5.09. The molecule has 0 aromatic carbocycles. The predicted octanol–water partition coefficient (Wildman–Crippen LogP) is 0.0669. The summed E-state index contributed by atoms with van der Waals surface area (Å²) in [4.78, 5) is 16.7. The number of aliphatic hydroxyl groups is 1. The number of anilines is 2. The number of aliphatic hydroxyl groups excluding tert-OH is 1. The molecule has 0 bridgehead atoms. The Labute approximate surface area is 121 Å². The van der Waals surface area contributed by atoms with Crippen molar-refractivity contribution in [2.75, 3.05) is 24.2 Å². The van der Waals surface area contributed by atoms with E-state index in [1.54, 1.807) is 7.05 Å². The van der Waals surface area contributed by atoms with E-state index in [2.05, 4.69) is 35.7 Å². The van der Waals surface area contributed by atoms with Crippen LogP contribution in [0, 0.1) is 5.92 Å². The predicted molar refractivity (Wildman–Crippen MR) is 76.1 cm³/mol. The number of hydrogen-bond acceptors (Lipinski definition) is 8. The SMILES string of the molecule is CNc1nc(NCC2CCC(O)C2)nc(-n2cncn2)n1. The molecule has 2 heterocycles. The zero-order chi connectivity index (χ0) is 14.7. The molecule has 3 N–H and O–H groups in total. The van der Waals surface area contributed by atoms with Gasteiger partial charge in [-0.25, -0.2) is 4.98 Å². The molecular weight excluding hydrogens is 272 g/mol. The Kier molecular flexibility index (Phi) is 3.91. The summed E-state index contributed by atoms with van der Waals surface area (Å²) in [6.45, 7) is 0.737. The molecule has 1 fully saturated rings. The lowest BCUT2D eigenvalue weighted by Gasteiger charge is -2.12. The molecular formula is C12H18N8O. The van der Waals surface area contributed by atoms with Crippen molar-refractivity contribution in [3.8, 4) is 5.95 Å². The van der Waals surface area contributed by atoms with Crippen LogP contribution in [-0.4, -0.2) is 54.5 Å². The smallest absolute Gasteiger partial charge is 0.258 e. The minimum Gasteiger partial charge on any atom is -0.393 e. The van der Waals surface area contributed by atoms with Crippen molar-refractivity contribution in [1.82, 2.24) is 29.7 Å². The summed E-state index contributed by atoms with van der Waals surface area (Å²) in [6.07, 6.45) is 5.51. The number of nitrogens with zero attached hydrogens (tertiary/aromatic N) is 6. The van der Waals surface area contributed by atoms with E-state index in [4.69, 9.17) is 0 Å². The molecule has 0 aliphatic heterocycles. The van der Waals surface area contributed by atoms with Crippen LogP contribution in [0.15, 0.2) is 12.7 Å². The van der Waals surface area contributed by atoms with Crippen LogP contribution >= 0.6 is 0 Å². The van der Waals surface area contributed by atoms with Crippen molar-refractivity contribution >= 4 is 11.9 Å². The monoisotopic (exact) mass is 290 g/mol. The summed E-state index contributed by atoms with van der Waals surface area (Å²) in [6, 6.07) is 0. The van der Waals surface area contributed by atoms with Crippen molar-refractivity contribution in [2.24, 2.45) is 5.92 Å². The first-order valence-electron chi connectivity index (χ1n) is 6.95. The molecule has 1 saturated carbocycles. The van der Waals surface area contributed by atoms with Crippen LogP contribution in [-0.2, 0) is 0 Å². The highest BCUT2D eigenvalue weighted by molar-refractivity contribution is 5.37. The molecule has 1 aliphatic carbocycles. The number of rotatable bonds is 5. The maximum absolute atomic E-state index is 9.55. The number of nitrogens with one attached hydrogen (secondary N) is 2. The van der Waals surface area contributed by atoms with E-state index in [1.807, 2.05) is 0 Å². The third-order valence-electron chi connectivity index (χ3n) is 3.53. The summed E-state index contributed by atoms with van der Waals surface area (Å²) < 4.78 is 1.48. The Morgan fingerprint density at radius 3 is 2.81 bits per heavy atom. The van der Waals surface area contributed by atoms with E-state index in [-0.39, 0.29) is 6.10 Å². The summed E-state index contributed by atoms with van der Waals surface area (Å²) in [5.41, 5.74) is 0. The Morgan fingerprint density at radius 2 is 2.14 bits per heavy atom. The summed E-state index contributed by atoms with van der Waals surface area (Å²) >= 11 is 0. The Bertz CT molecular complexity index is 587. The van der Waals surface area contributed by atoms with Gasteiger partial charge in [-0.15, -0.1) is 0 Å². The van der Waals surface area contributed by atoms with Gasteiger partial charge in [0.15, 0.2) is 0 Å². The lowest BCUT2D eigenvalue weighted by atomic mass is 10.1. The lowest BCUT2D eigenvalue weighted by molar-refractivity contribution is 0.178. The zero-order valence-electron chi connectivity index (χ0n) is 11.8. The van der Waals surface area contributed by atoms with Crippen molar-refractivity contribution in [2.45, 2.75) is 25.4 Å². The normalized spacial score (nSPS) is 21.4. The van der Waals surface area contributed by atoms with Crippen LogP contribution in [0.2, 0.25) is 0 Å². The second kappa shape index (κ2) is 6.00. The molecule has 21 heavy (non-hydrogen) atoms. The van der Waals surface area contributed by atoms with Gasteiger partial charge in [0, 0.05) is 13.6 Å². The number of aromatic nitrogens is 6. The highest BCUT2D eigenvalue weighted by atomic mass is 16.3. The van der Waals surface area contributed by atoms with Crippen molar-refractivity contribution in [3.63, 3.8) is 0 Å². The van der Waals surface area contributed by atoms with Crippen LogP contribution in [0.1, 0.15) is 19.3 Å². The van der Waals surface area contributed by atoms with Gasteiger partial charge in [-0.05, 0) is 25.2 Å². The van der Waals surface area contributed by atoms with E-state index < -0.39 is 0 Å². The Hall–Kier alpha value is -2.29. The first-order valence-corrected chi connectivity index (χ1v) is 6.95. The third kappa shape index (κ3) is 3.24.